The van der Waals surface area contributed by atoms with Gasteiger partial charge in [0.25, 0.3) is 0 Å². The van der Waals surface area contributed by atoms with Crippen LogP contribution in [0.5, 0.6) is 0 Å². The van der Waals surface area contributed by atoms with Gasteiger partial charge < -0.3 is 0 Å². The van der Waals surface area contributed by atoms with E-state index in [1.165, 1.54) is 16.2 Å². The van der Waals surface area contributed by atoms with E-state index in [1.54, 1.807) is 0 Å². The first-order chi connectivity index (χ1) is 11.1. The van der Waals surface area contributed by atoms with Crippen LogP contribution in [-0.2, 0) is 22.4 Å². The van der Waals surface area contributed by atoms with Gasteiger partial charge in [0.05, 0.1) is 17.4 Å². The summed E-state index contributed by atoms with van der Waals surface area (Å²) in [7, 11) is 0. The lowest BCUT2D eigenvalue weighted by molar-refractivity contribution is -0.122. The minimum atomic E-state index is -0.370. The Bertz CT molecular complexity index is 789. The second kappa shape index (κ2) is 5.47. The van der Waals surface area contributed by atoms with Gasteiger partial charge in [0.2, 0.25) is 11.8 Å². The molecule has 0 bridgehead atoms. The normalized spacial score (nSPS) is 26.6. The average molecular weight is 347 g/mol. The molecule has 118 valence electrons. The van der Waals surface area contributed by atoms with Crippen LogP contribution in [-0.4, -0.2) is 11.8 Å². The number of anilines is 1. The molecule has 2 unspecified atom stereocenters. The number of aryl methyl sites for hydroxylation is 1. The van der Waals surface area contributed by atoms with E-state index in [9.17, 15) is 14.9 Å². The molecule has 1 aromatic rings. The Labute approximate surface area is 143 Å². The van der Waals surface area contributed by atoms with Gasteiger partial charge in [-0.15, -0.1) is 11.3 Å². The summed E-state index contributed by atoms with van der Waals surface area (Å²) in [6.07, 6.45) is 6.74. The molecule has 1 saturated heterocycles. The van der Waals surface area contributed by atoms with Gasteiger partial charge in [-0.3, -0.25) is 9.59 Å². The summed E-state index contributed by atoms with van der Waals surface area (Å²) in [4.78, 5) is 28.0. The third kappa shape index (κ3) is 2.16. The summed E-state index contributed by atoms with van der Waals surface area (Å²) in [6, 6.07) is 2.24. The molecular weight excluding hydrogens is 332 g/mol. The third-order valence-electron chi connectivity index (χ3n) is 5.04. The summed E-state index contributed by atoms with van der Waals surface area (Å²) >= 11 is 7.51. The van der Waals surface area contributed by atoms with Crippen LogP contribution < -0.4 is 4.90 Å². The Morgan fingerprint density at radius 2 is 1.96 bits per heavy atom. The van der Waals surface area contributed by atoms with Crippen molar-refractivity contribution in [1.82, 2.24) is 0 Å². The smallest absolute Gasteiger partial charge is 0.238 e. The zero-order chi connectivity index (χ0) is 16.1. The maximum atomic E-state index is 12.8. The first kappa shape index (κ1) is 14.9. The van der Waals surface area contributed by atoms with Gasteiger partial charge in [-0.1, -0.05) is 17.7 Å². The highest BCUT2D eigenvalue weighted by Crippen LogP contribution is 2.46. The lowest BCUT2D eigenvalue weighted by Crippen LogP contribution is -2.30. The molecule has 0 saturated carbocycles. The number of halogens is 1. The van der Waals surface area contributed by atoms with Crippen molar-refractivity contribution in [2.75, 3.05) is 4.90 Å². The number of hydrogen-bond donors (Lipinski definition) is 0. The number of fused-ring (bicyclic) bond motifs is 2. The predicted octanol–water partition coefficient (Wildman–Crippen LogP) is 3.52. The standard InChI is InChI=1S/C17H15ClN2O2S/c18-9-5-6-11-12(7-9)16(22)20(15(11)21)17-13(8-19)10-3-1-2-4-14(10)23-17/h5,11-12H,1-4,6-7H2. The molecule has 2 amide bonds. The molecule has 0 radical (unpaired) electrons. The molecule has 4 rings (SSSR count). The highest BCUT2D eigenvalue weighted by Gasteiger charge is 2.50. The molecule has 23 heavy (non-hydrogen) atoms. The number of rotatable bonds is 1. The van der Waals surface area contributed by atoms with Crippen LogP contribution in [0.2, 0.25) is 0 Å². The van der Waals surface area contributed by atoms with Crippen LogP contribution in [0, 0.1) is 23.2 Å². The second-order valence-electron chi connectivity index (χ2n) is 6.32. The third-order valence-corrected chi connectivity index (χ3v) is 6.62. The van der Waals surface area contributed by atoms with Crippen LogP contribution in [0.4, 0.5) is 5.00 Å². The van der Waals surface area contributed by atoms with Crippen molar-refractivity contribution in [1.29, 1.82) is 5.26 Å². The van der Waals surface area contributed by atoms with Gasteiger partial charge >= 0.3 is 0 Å². The molecule has 1 aromatic heterocycles. The number of carbonyl (C=O) groups excluding carboxylic acids is 2. The largest absolute Gasteiger partial charge is 0.274 e. The Hall–Kier alpha value is -1.64. The predicted molar refractivity (Wildman–Crippen MR) is 88.3 cm³/mol. The number of hydrogen-bond acceptors (Lipinski definition) is 4. The van der Waals surface area contributed by atoms with Crippen molar-refractivity contribution in [2.45, 2.75) is 38.5 Å². The highest BCUT2D eigenvalue weighted by molar-refractivity contribution is 7.17. The topological polar surface area (TPSA) is 61.2 Å². The highest BCUT2D eigenvalue weighted by atomic mass is 35.5. The average Bonchev–Trinajstić information content (AvgIpc) is 3.03. The number of allylic oxidation sites excluding steroid dienone is 2. The van der Waals surface area contributed by atoms with Crippen LogP contribution in [0.1, 0.15) is 41.7 Å². The number of thiophene rings is 1. The van der Waals surface area contributed by atoms with E-state index in [0.29, 0.717) is 28.4 Å². The summed E-state index contributed by atoms with van der Waals surface area (Å²) in [5.74, 6) is -1.06. The van der Waals surface area contributed by atoms with E-state index in [4.69, 9.17) is 11.6 Å². The first-order valence-electron chi connectivity index (χ1n) is 7.88. The Morgan fingerprint density at radius 1 is 1.22 bits per heavy atom. The van der Waals surface area contributed by atoms with Crippen LogP contribution in [0.25, 0.3) is 0 Å². The molecular formula is C17H15ClN2O2S. The molecule has 1 fully saturated rings. The van der Waals surface area contributed by atoms with Crippen LogP contribution in [0.15, 0.2) is 11.1 Å². The SMILES string of the molecule is N#Cc1c(N2C(=O)C3CC=C(Cl)CC3C2=O)sc2c1CCCC2. The minimum Gasteiger partial charge on any atom is -0.274 e. The molecule has 6 heteroatoms. The fraction of sp³-hybridized carbons (Fsp3) is 0.471. The van der Waals surface area contributed by atoms with Crippen molar-refractivity contribution < 1.29 is 9.59 Å². The number of nitrogens with zero attached hydrogens (tertiary/aromatic N) is 2. The molecule has 2 aliphatic carbocycles. The number of amides is 2. The van der Waals surface area contributed by atoms with E-state index in [0.717, 1.165) is 36.1 Å². The lowest BCUT2D eigenvalue weighted by Gasteiger charge is -2.17. The summed E-state index contributed by atoms with van der Waals surface area (Å²) in [5, 5.41) is 10.8. The van der Waals surface area contributed by atoms with Gasteiger partial charge in [0.15, 0.2) is 0 Å². The van der Waals surface area contributed by atoms with Crippen molar-refractivity contribution in [3.8, 4) is 6.07 Å². The quantitative estimate of drug-likeness (QED) is 0.731. The van der Waals surface area contributed by atoms with Gasteiger partial charge in [-0.25, -0.2) is 4.90 Å². The minimum absolute atomic E-state index is 0.171. The fourth-order valence-electron chi connectivity index (χ4n) is 3.85. The molecule has 3 aliphatic rings. The summed E-state index contributed by atoms with van der Waals surface area (Å²) in [6.45, 7) is 0. The molecule has 0 spiro atoms. The lowest BCUT2D eigenvalue weighted by atomic mass is 9.85. The Morgan fingerprint density at radius 3 is 2.74 bits per heavy atom. The van der Waals surface area contributed by atoms with Crippen LogP contribution >= 0.6 is 22.9 Å². The van der Waals surface area contributed by atoms with Crippen molar-refractivity contribution >= 4 is 39.8 Å². The molecule has 0 aromatic carbocycles. The Kier molecular flexibility index (Phi) is 3.55. The van der Waals surface area contributed by atoms with E-state index in [2.05, 4.69) is 6.07 Å². The summed E-state index contributed by atoms with van der Waals surface area (Å²) < 4.78 is 0. The molecule has 4 nitrogen and oxygen atoms in total. The van der Waals surface area contributed by atoms with Crippen molar-refractivity contribution in [3.05, 3.63) is 27.1 Å². The van der Waals surface area contributed by atoms with Gasteiger partial charge in [0, 0.05) is 9.91 Å². The van der Waals surface area contributed by atoms with Gasteiger partial charge in [-0.05, 0) is 44.1 Å². The van der Waals surface area contributed by atoms with E-state index in [-0.39, 0.29) is 23.7 Å². The molecule has 2 atom stereocenters. The van der Waals surface area contributed by atoms with E-state index < -0.39 is 0 Å². The number of carbonyl (C=O) groups is 2. The van der Waals surface area contributed by atoms with E-state index >= 15 is 0 Å². The maximum absolute atomic E-state index is 12.8. The van der Waals surface area contributed by atoms with E-state index in [1.807, 2.05) is 6.08 Å². The maximum Gasteiger partial charge on any atom is 0.238 e. The van der Waals surface area contributed by atoms with Crippen LogP contribution in [0.3, 0.4) is 0 Å². The van der Waals surface area contributed by atoms with Crippen molar-refractivity contribution in [2.24, 2.45) is 11.8 Å². The number of imide groups is 1. The zero-order valence-corrected chi connectivity index (χ0v) is 14.0. The monoisotopic (exact) mass is 346 g/mol. The zero-order valence-electron chi connectivity index (χ0n) is 12.5. The number of nitriles is 1. The molecule has 0 N–H and O–H groups in total. The van der Waals surface area contributed by atoms with Crippen molar-refractivity contribution in [3.63, 3.8) is 0 Å². The second-order valence-corrected chi connectivity index (χ2v) is 7.89. The fourth-order valence-corrected chi connectivity index (χ4v) is 5.46. The molecule has 2 heterocycles. The first-order valence-corrected chi connectivity index (χ1v) is 9.08. The summed E-state index contributed by atoms with van der Waals surface area (Å²) in [5.41, 5.74) is 1.58. The Balaban J connectivity index is 1.77. The van der Waals surface area contributed by atoms with Gasteiger partial charge in [-0.2, -0.15) is 5.26 Å². The molecule has 1 aliphatic heterocycles. The van der Waals surface area contributed by atoms with Gasteiger partial charge in [0.1, 0.15) is 11.1 Å².